The summed E-state index contributed by atoms with van der Waals surface area (Å²) >= 11 is 0. The molecule has 170 valence electrons. The van der Waals surface area contributed by atoms with Crippen LogP contribution in [0.25, 0.3) is 6.08 Å². The molecule has 8 heteroatoms. The van der Waals surface area contributed by atoms with Crippen LogP contribution in [0.5, 0.6) is 23.0 Å². The number of ether oxygens (including phenoxy) is 4. The SMILES string of the molecule is COc1ccc(OCCOc2ccc(/C=C(\C#N)C(=O)NCc3ccco3)cc2OC)cc1. The maximum Gasteiger partial charge on any atom is 0.262 e. The van der Waals surface area contributed by atoms with Crippen molar-refractivity contribution in [2.24, 2.45) is 0 Å². The van der Waals surface area contributed by atoms with E-state index in [4.69, 9.17) is 23.4 Å². The summed E-state index contributed by atoms with van der Waals surface area (Å²) in [6.07, 6.45) is 3.00. The summed E-state index contributed by atoms with van der Waals surface area (Å²) in [5.41, 5.74) is 0.587. The smallest absolute Gasteiger partial charge is 0.262 e. The van der Waals surface area contributed by atoms with Gasteiger partial charge >= 0.3 is 0 Å². The second kappa shape index (κ2) is 11.9. The molecule has 3 aromatic rings. The van der Waals surface area contributed by atoms with Gasteiger partial charge < -0.3 is 28.7 Å². The molecule has 2 aromatic carbocycles. The molecule has 3 rings (SSSR count). The highest BCUT2D eigenvalue weighted by Crippen LogP contribution is 2.29. The maximum absolute atomic E-state index is 12.3. The van der Waals surface area contributed by atoms with Gasteiger partial charge in [-0.15, -0.1) is 0 Å². The van der Waals surface area contributed by atoms with Crippen LogP contribution in [0.4, 0.5) is 0 Å². The van der Waals surface area contributed by atoms with Crippen molar-refractivity contribution in [1.29, 1.82) is 5.26 Å². The van der Waals surface area contributed by atoms with Gasteiger partial charge in [-0.2, -0.15) is 5.26 Å². The van der Waals surface area contributed by atoms with E-state index in [2.05, 4.69) is 5.32 Å². The zero-order valence-electron chi connectivity index (χ0n) is 18.4. The number of nitrogens with one attached hydrogen (secondary N) is 1. The van der Waals surface area contributed by atoms with Crippen molar-refractivity contribution in [1.82, 2.24) is 5.32 Å². The Hall–Kier alpha value is -4.38. The number of benzene rings is 2. The first-order chi connectivity index (χ1) is 16.1. The average molecular weight is 448 g/mol. The van der Waals surface area contributed by atoms with E-state index in [9.17, 15) is 10.1 Å². The van der Waals surface area contributed by atoms with E-state index in [0.717, 1.165) is 5.75 Å². The highest BCUT2D eigenvalue weighted by molar-refractivity contribution is 6.01. The highest BCUT2D eigenvalue weighted by Gasteiger charge is 2.11. The zero-order valence-corrected chi connectivity index (χ0v) is 18.4. The van der Waals surface area contributed by atoms with Crippen LogP contribution in [-0.4, -0.2) is 33.3 Å². The van der Waals surface area contributed by atoms with E-state index in [-0.39, 0.29) is 12.1 Å². The third-order valence-electron chi connectivity index (χ3n) is 4.54. The molecule has 33 heavy (non-hydrogen) atoms. The second-order valence-corrected chi connectivity index (χ2v) is 6.71. The minimum Gasteiger partial charge on any atom is -0.497 e. The molecule has 0 aliphatic carbocycles. The van der Waals surface area contributed by atoms with Crippen molar-refractivity contribution >= 4 is 12.0 Å². The summed E-state index contributed by atoms with van der Waals surface area (Å²) in [5.74, 6) is 2.56. The lowest BCUT2D eigenvalue weighted by atomic mass is 10.1. The first kappa shape index (κ1) is 23.3. The van der Waals surface area contributed by atoms with Crippen molar-refractivity contribution in [2.75, 3.05) is 27.4 Å². The Kier molecular flexibility index (Phi) is 8.37. The predicted molar refractivity (Wildman–Crippen MR) is 121 cm³/mol. The molecule has 1 heterocycles. The van der Waals surface area contributed by atoms with E-state index >= 15 is 0 Å². The summed E-state index contributed by atoms with van der Waals surface area (Å²) in [7, 11) is 3.13. The molecular weight excluding hydrogens is 424 g/mol. The van der Waals surface area contributed by atoms with Crippen molar-refractivity contribution in [2.45, 2.75) is 6.54 Å². The standard InChI is InChI=1S/C25H24N2O6/c1-29-20-6-8-21(9-7-20)32-12-13-33-23-10-5-18(15-24(23)30-2)14-19(16-26)25(28)27-17-22-4-3-11-31-22/h3-11,14-15H,12-13,17H2,1-2H3,(H,27,28)/b19-14+. The average Bonchev–Trinajstić information content (AvgIpc) is 3.38. The fourth-order valence-electron chi connectivity index (χ4n) is 2.87. The Bertz CT molecular complexity index is 1110. The number of hydrogen-bond donors (Lipinski definition) is 1. The van der Waals surface area contributed by atoms with E-state index in [0.29, 0.717) is 41.8 Å². The zero-order chi connectivity index (χ0) is 23.5. The van der Waals surface area contributed by atoms with Gasteiger partial charge in [-0.1, -0.05) is 6.07 Å². The van der Waals surface area contributed by atoms with Crippen LogP contribution in [0.1, 0.15) is 11.3 Å². The van der Waals surface area contributed by atoms with Gasteiger partial charge in [0.05, 0.1) is 27.0 Å². The first-order valence-corrected chi connectivity index (χ1v) is 10.1. The topological polar surface area (TPSA) is 103 Å². The third-order valence-corrected chi connectivity index (χ3v) is 4.54. The van der Waals surface area contributed by atoms with Crippen molar-refractivity contribution < 1.29 is 28.2 Å². The molecule has 1 amide bonds. The summed E-state index contributed by atoms with van der Waals surface area (Å²) in [4.78, 5) is 12.3. The molecule has 0 saturated carbocycles. The van der Waals surface area contributed by atoms with Crippen LogP contribution in [-0.2, 0) is 11.3 Å². The molecule has 1 aromatic heterocycles. The van der Waals surface area contributed by atoms with Crippen LogP contribution in [0.15, 0.2) is 70.9 Å². The molecule has 0 fully saturated rings. The second-order valence-electron chi connectivity index (χ2n) is 6.71. The number of rotatable bonds is 11. The lowest BCUT2D eigenvalue weighted by molar-refractivity contribution is -0.117. The predicted octanol–water partition coefficient (Wildman–Crippen LogP) is 3.98. The number of methoxy groups -OCH3 is 2. The number of nitriles is 1. The van der Waals surface area contributed by atoms with Gasteiger partial charge in [0, 0.05) is 0 Å². The largest absolute Gasteiger partial charge is 0.497 e. The monoisotopic (exact) mass is 448 g/mol. The minimum absolute atomic E-state index is 0.0369. The molecule has 8 nitrogen and oxygen atoms in total. The molecule has 0 atom stereocenters. The first-order valence-electron chi connectivity index (χ1n) is 10.1. The van der Waals surface area contributed by atoms with Gasteiger partial charge in [-0.3, -0.25) is 4.79 Å². The van der Waals surface area contributed by atoms with Gasteiger partial charge in [-0.25, -0.2) is 0 Å². The van der Waals surface area contributed by atoms with E-state index in [1.54, 1.807) is 37.4 Å². The fourth-order valence-corrected chi connectivity index (χ4v) is 2.87. The van der Waals surface area contributed by atoms with Crippen molar-refractivity contribution in [3.63, 3.8) is 0 Å². The lowest BCUT2D eigenvalue weighted by Gasteiger charge is -2.12. The molecule has 1 N–H and O–H groups in total. The summed E-state index contributed by atoms with van der Waals surface area (Å²) in [6.45, 7) is 0.835. The number of nitrogens with zero attached hydrogens (tertiary/aromatic N) is 1. The molecule has 0 radical (unpaired) electrons. The normalized spacial score (nSPS) is 10.8. The Morgan fingerprint density at radius 3 is 2.42 bits per heavy atom. The Morgan fingerprint density at radius 2 is 1.76 bits per heavy atom. The molecule has 0 unspecified atom stereocenters. The number of hydrogen-bond acceptors (Lipinski definition) is 7. The molecule has 0 saturated heterocycles. The summed E-state index contributed by atoms with van der Waals surface area (Å²) in [5, 5.41) is 12.0. The number of carbonyl (C=O) groups excluding carboxylic acids is 1. The minimum atomic E-state index is -0.496. The number of amides is 1. The van der Waals surface area contributed by atoms with Gasteiger partial charge in [0.25, 0.3) is 5.91 Å². The van der Waals surface area contributed by atoms with Gasteiger partial charge in [0.15, 0.2) is 11.5 Å². The maximum atomic E-state index is 12.3. The Balaban J connectivity index is 1.57. The van der Waals surface area contributed by atoms with Gasteiger partial charge in [-0.05, 0) is 60.2 Å². The molecular formula is C25H24N2O6. The molecule has 0 aliphatic rings. The Labute approximate surface area is 191 Å². The highest BCUT2D eigenvalue weighted by atomic mass is 16.5. The van der Waals surface area contributed by atoms with Crippen LogP contribution < -0.4 is 24.3 Å². The van der Waals surface area contributed by atoms with Crippen LogP contribution >= 0.6 is 0 Å². The number of carbonyl (C=O) groups is 1. The molecule has 0 spiro atoms. The van der Waals surface area contributed by atoms with Crippen molar-refractivity contribution in [3.05, 3.63) is 77.8 Å². The van der Waals surface area contributed by atoms with E-state index < -0.39 is 5.91 Å². The van der Waals surface area contributed by atoms with Gasteiger partial charge in [0.1, 0.15) is 42.1 Å². The van der Waals surface area contributed by atoms with Crippen molar-refractivity contribution in [3.8, 4) is 29.1 Å². The Morgan fingerprint density at radius 1 is 1.00 bits per heavy atom. The summed E-state index contributed by atoms with van der Waals surface area (Å²) < 4.78 is 27.1. The third kappa shape index (κ3) is 6.80. The summed E-state index contributed by atoms with van der Waals surface area (Å²) in [6, 6.07) is 17.8. The van der Waals surface area contributed by atoms with Crippen LogP contribution in [0, 0.1) is 11.3 Å². The quantitative estimate of drug-likeness (QED) is 0.269. The lowest BCUT2D eigenvalue weighted by Crippen LogP contribution is -2.23. The van der Waals surface area contributed by atoms with Gasteiger partial charge in [0.2, 0.25) is 0 Å². The van der Waals surface area contributed by atoms with Crippen LogP contribution in [0.2, 0.25) is 0 Å². The van der Waals surface area contributed by atoms with E-state index in [1.807, 2.05) is 30.3 Å². The molecule has 0 bridgehead atoms. The van der Waals surface area contributed by atoms with E-state index in [1.165, 1.54) is 19.4 Å². The number of furan rings is 1. The fraction of sp³-hybridized carbons (Fsp3) is 0.200. The van der Waals surface area contributed by atoms with Crippen LogP contribution in [0.3, 0.4) is 0 Å². The molecule has 0 aliphatic heterocycles.